The number of hydrogen-bond acceptors (Lipinski definition) is 4. The van der Waals surface area contributed by atoms with E-state index < -0.39 is 0 Å². The van der Waals surface area contributed by atoms with Crippen LogP contribution in [0, 0.1) is 0 Å². The monoisotopic (exact) mass is 291 g/mol. The second-order valence-corrected chi connectivity index (χ2v) is 6.65. The molecule has 0 unspecified atom stereocenters. The predicted molar refractivity (Wildman–Crippen MR) is 84.5 cm³/mol. The van der Waals surface area contributed by atoms with E-state index in [-0.39, 0.29) is 5.91 Å². The fourth-order valence-electron chi connectivity index (χ4n) is 2.49. The van der Waals surface area contributed by atoms with E-state index in [0.29, 0.717) is 29.1 Å². The molecule has 0 aliphatic heterocycles. The number of carbonyl (C=O) groups excluding carboxylic acids is 1. The fraction of sp³-hybridized carbons (Fsp3) is 0.533. The lowest BCUT2D eigenvalue weighted by atomic mass is 9.93. The number of carbonyl (C=O) groups is 1. The Morgan fingerprint density at radius 1 is 1.40 bits per heavy atom. The van der Waals surface area contributed by atoms with Crippen LogP contribution >= 0.6 is 11.3 Å². The van der Waals surface area contributed by atoms with E-state index in [2.05, 4.69) is 17.2 Å². The third-order valence-corrected chi connectivity index (χ3v) is 5.17. The molecule has 2 aliphatic carbocycles. The summed E-state index contributed by atoms with van der Waals surface area (Å²) < 4.78 is 0. The number of rotatable bonds is 6. The molecule has 2 saturated carbocycles. The minimum atomic E-state index is -0.0871. The first-order chi connectivity index (χ1) is 9.70. The van der Waals surface area contributed by atoms with Crippen LogP contribution in [0.25, 0.3) is 0 Å². The van der Waals surface area contributed by atoms with Crippen LogP contribution in [0.5, 0.6) is 0 Å². The lowest BCUT2D eigenvalue weighted by Crippen LogP contribution is -2.26. The van der Waals surface area contributed by atoms with Gasteiger partial charge in [-0.1, -0.05) is 6.08 Å². The zero-order valence-corrected chi connectivity index (χ0v) is 12.4. The van der Waals surface area contributed by atoms with Crippen LogP contribution in [-0.4, -0.2) is 18.5 Å². The molecule has 0 saturated heterocycles. The van der Waals surface area contributed by atoms with Gasteiger partial charge in [0.25, 0.3) is 5.91 Å². The molecule has 3 rings (SSSR count). The number of anilines is 2. The van der Waals surface area contributed by atoms with Crippen LogP contribution in [0.15, 0.2) is 12.7 Å². The highest BCUT2D eigenvalue weighted by molar-refractivity contribution is 7.18. The van der Waals surface area contributed by atoms with Gasteiger partial charge in [-0.2, -0.15) is 0 Å². The highest BCUT2D eigenvalue weighted by Crippen LogP contribution is 2.51. The van der Waals surface area contributed by atoms with E-state index in [1.807, 2.05) is 0 Å². The number of thiophene rings is 1. The Morgan fingerprint density at radius 2 is 2.15 bits per heavy atom. The molecule has 0 aromatic carbocycles. The van der Waals surface area contributed by atoms with Crippen LogP contribution in [0.2, 0.25) is 0 Å². The molecule has 1 amide bonds. The van der Waals surface area contributed by atoms with Crippen LogP contribution in [0.4, 0.5) is 10.7 Å². The van der Waals surface area contributed by atoms with E-state index in [9.17, 15) is 4.79 Å². The van der Waals surface area contributed by atoms with Crippen LogP contribution in [0.3, 0.4) is 0 Å². The zero-order valence-electron chi connectivity index (χ0n) is 11.6. The molecule has 5 heteroatoms. The molecular weight excluding hydrogens is 270 g/mol. The average Bonchev–Trinajstić information content (AvgIpc) is 3.16. The summed E-state index contributed by atoms with van der Waals surface area (Å²) in [5.74, 6) is 0.464. The summed E-state index contributed by atoms with van der Waals surface area (Å²) in [7, 11) is 0. The van der Waals surface area contributed by atoms with Gasteiger partial charge in [-0.05, 0) is 38.0 Å². The molecule has 0 atom stereocenters. The van der Waals surface area contributed by atoms with Crippen molar-refractivity contribution in [3.63, 3.8) is 0 Å². The number of amides is 1. The molecule has 4 N–H and O–H groups in total. The van der Waals surface area contributed by atoms with Gasteiger partial charge in [-0.3, -0.25) is 4.79 Å². The van der Waals surface area contributed by atoms with Gasteiger partial charge in [0, 0.05) is 18.2 Å². The highest BCUT2D eigenvalue weighted by Gasteiger charge is 2.34. The van der Waals surface area contributed by atoms with E-state index in [4.69, 9.17) is 5.73 Å². The molecule has 0 spiro atoms. The third kappa shape index (κ3) is 2.54. The first-order valence-corrected chi connectivity index (χ1v) is 8.10. The van der Waals surface area contributed by atoms with E-state index in [1.54, 1.807) is 6.08 Å². The summed E-state index contributed by atoms with van der Waals surface area (Å²) in [6.45, 7) is 4.09. The maximum atomic E-state index is 12.1. The molecule has 4 nitrogen and oxygen atoms in total. The van der Waals surface area contributed by atoms with Gasteiger partial charge in [0.2, 0.25) is 0 Å². The van der Waals surface area contributed by atoms with Crippen LogP contribution in [-0.2, 0) is 0 Å². The summed E-state index contributed by atoms with van der Waals surface area (Å²) in [4.78, 5) is 12.8. The molecule has 20 heavy (non-hydrogen) atoms. The van der Waals surface area contributed by atoms with E-state index in [1.165, 1.54) is 49.0 Å². The summed E-state index contributed by atoms with van der Waals surface area (Å²) in [6.07, 6.45) is 7.79. The van der Waals surface area contributed by atoms with Crippen molar-refractivity contribution < 1.29 is 4.79 Å². The van der Waals surface area contributed by atoms with Crippen molar-refractivity contribution in [2.75, 3.05) is 17.6 Å². The SMILES string of the molecule is C=CCNC(=O)c1sc(NC2CCC2)c(C2CC2)c1N. The molecule has 2 aliphatic rings. The molecule has 0 radical (unpaired) electrons. The Hall–Kier alpha value is -1.49. The minimum Gasteiger partial charge on any atom is -0.397 e. The molecular formula is C15H21N3OS. The molecule has 1 aromatic rings. The Kier molecular flexibility index (Phi) is 3.70. The van der Waals surface area contributed by atoms with Gasteiger partial charge in [0.05, 0.1) is 10.7 Å². The average molecular weight is 291 g/mol. The lowest BCUT2D eigenvalue weighted by Gasteiger charge is -2.27. The van der Waals surface area contributed by atoms with Crippen molar-refractivity contribution >= 4 is 27.9 Å². The van der Waals surface area contributed by atoms with Crippen molar-refractivity contribution in [1.82, 2.24) is 5.32 Å². The highest BCUT2D eigenvalue weighted by atomic mass is 32.1. The smallest absolute Gasteiger partial charge is 0.263 e. The third-order valence-electron chi connectivity index (χ3n) is 4.02. The topological polar surface area (TPSA) is 67.2 Å². The lowest BCUT2D eigenvalue weighted by molar-refractivity contribution is 0.0963. The largest absolute Gasteiger partial charge is 0.397 e. The Balaban J connectivity index is 1.84. The quantitative estimate of drug-likeness (QED) is 0.706. The molecule has 108 valence electrons. The zero-order chi connectivity index (χ0) is 14.1. The van der Waals surface area contributed by atoms with Crippen LogP contribution in [0.1, 0.15) is 53.3 Å². The number of nitrogen functional groups attached to an aromatic ring is 1. The second kappa shape index (κ2) is 5.48. The number of nitrogens with one attached hydrogen (secondary N) is 2. The van der Waals surface area contributed by atoms with Crippen molar-refractivity contribution in [3.05, 3.63) is 23.1 Å². The van der Waals surface area contributed by atoms with Gasteiger partial charge in [-0.15, -0.1) is 17.9 Å². The first kappa shape index (κ1) is 13.5. The standard InChI is InChI=1S/C15H21N3OS/c1-2-8-17-14(19)13-12(16)11(9-6-7-9)15(20-13)18-10-4-3-5-10/h2,9-10,18H,1,3-8,16H2,(H,17,19). The Bertz CT molecular complexity index is 529. The van der Waals surface area contributed by atoms with Crippen LogP contribution < -0.4 is 16.4 Å². The number of nitrogens with two attached hydrogens (primary N) is 1. The summed E-state index contributed by atoms with van der Waals surface area (Å²) in [6, 6.07) is 0.564. The van der Waals surface area contributed by atoms with Gasteiger partial charge in [0.1, 0.15) is 4.88 Å². The predicted octanol–water partition coefficient (Wildman–Crippen LogP) is 3.09. The molecule has 1 heterocycles. The van der Waals surface area contributed by atoms with Gasteiger partial charge < -0.3 is 16.4 Å². The fourth-order valence-corrected chi connectivity index (χ4v) is 3.69. The molecule has 1 aromatic heterocycles. The summed E-state index contributed by atoms with van der Waals surface area (Å²) >= 11 is 1.51. The van der Waals surface area contributed by atoms with Gasteiger partial charge >= 0.3 is 0 Å². The molecule has 0 bridgehead atoms. The Morgan fingerprint density at radius 3 is 2.70 bits per heavy atom. The van der Waals surface area contributed by atoms with Gasteiger partial charge in [-0.25, -0.2) is 0 Å². The molecule has 2 fully saturated rings. The first-order valence-electron chi connectivity index (χ1n) is 7.28. The maximum absolute atomic E-state index is 12.1. The maximum Gasteiger partial charge on any atom is 0.263 e. The minimum absolute atomic E-state index is 0.0871. The second-order valence-electron chi connectivity index (χ2n) is 5.63. The summed E-state index contributed by atoms with van der Waals surface area (Å²) in [5.41, 5.74) is 8.10. The van der Waals surface area contributed by atoms with E-state index in [0.717, 1.165) is 5.00 Å². The van der Waals surface area contributed by atoms with Gasteiger partial charge in [0.15, 0.2) is 0 Å². The van der Waals surface area contributed by atoms with Crippen molar-refractivity contribution in [2.24, 2.45) is 0 Å². The Labute approximate surface area is 123 Å². The van der Waals surface area contributed by atoms with Crippen molar-refractivity contribution in [3.8, 4) is 0 Å². The van der Waals surface area contributed by atoms with E-state index >= 15 is 0 Å². The summed E-state index contributed by atoms with van der Waals surface area (Å²) in [5, 5.41) is 7.52. The normalized spacial score (nSPS) is 18.4. The number of hydrogen-bond donors (Lipinski definition) is 3. The van der Waals surface area contributed by atoms with Crippen molar-refractivity contribution in [1.29, 1.82) is 0 Å². The van der Waals surface area contributed by atoms with Crippen molar-refractivity contribution in [2.45, 2.75) is 44.1 Å².